The second-order valence-electron chi connectivity index (χ2n) is 6.51. The molecular weight excluding hydrogens is 309 g/mol. The maximum absolute atomic E-state index is 14.0. The fourth-order valence-corrected chi connectivity index (χ4v) is 1.76. The molecular formula is C15H23BClFO4. The standard InChI is InChI=1S/C15H23BClFO4/c1-9(2)21-13-7-10(12(18)8-11(13)17)16(20)22-15(5,6)14(3,4)19/h7-9,19-20H,1-6H3. The van der Waals surface area contributed by atoms with Crippen molar-refractivity contribution in [2.45, 2.75) is 58.8 Å². The highest BCUT2D eigenvalue weighted by molar-refractivity contribution is 6.60. The second-order valence-corrected chi connectivity index (χ2v) is 6.92. The van der Waals surface area contributed by atoms with Gasteiger partial charge in [-0.05, 0) is 53.7 Å². The van der Waals surface area contributed by atoms with E-state index >= 15 is 0 Å². The number of benzene rings is 1. The molecule has 0 aliphatic rings. The molecule has 0 heterocycles. The van der Waals surface area contributed by atoms with Crippen LogP contribution in [0.4, 0.5) is 4.39 Å². The minimum atomic E-state index is -1.56. The Hall–Kier alpha value is -0.815. The summed E-state index contributed by atoms with van der Waals surface area (Å²) in [6, 6.07) is 2.38. The highest BCUT2D eigenvalue weighted by Gasteiger charge is 2.40. The Bertz CT molecular complexity index is 529. The summed E-state index contributed by atoms with van der Waals surface area (Å²) < 4.78 is 25.0. The predicted octanol–water partition coefficient (Wildman–Crippen LogP) is 2.52. The summed E-state index contributed by atoms with van der Waals surface area (Å²) in [5.74, 6) is -0.447. The molecule has 0 radical (unpaired) electrons. The number of halogens is 2. The van der Waals surface area contributed by atoms with Gasteiger partial charge in [0.1, 0.15) is 11.6 Å². The molecule has 1 rings (SSSR count). The van der Waals surface area contributed by atoms with Gasteiger partial charge in [0, 0.05) is 5.46 Å². The van der Waals surface area contributed by atoms with Gasteiger partial charge in [-0.3, -0.25) is 0 Å². The normalized spacial score (nSPS) is 12.7. The Balaban J connectivity index is 3.10. The SMILES string of the molecule is CC(C)Oc1cc(B(O)OC(C)(C)C(C)(C)O)c(F)cc1Cl. The molecule has 0 bridgehead atoms. The molecule has 7 heteroatoms. The number of hydrogen-bond acceptors (Lipinski definition) is 4. The van der Waals surface area contributed by atoms with E-state index < -0.39 is 24.1 Å². The minimum Gasteiger partial charge on any atom is -0.489 e. The first kappa shape index (κ1) is 19.2. The van der Waals surface area contributed by atoms with Crippen LogP contribution in [0.5, 0.6) is 5.75 Å². The molecule has 0 aromatic heterocycles. The Morgan fingerprint density at radius 1 is 1.23 bits per heavy atom. The molecule has 4 nitrogen and oxygen atoms in total. The predicted molar refractivity (Wildman–Crippen MR) is 86.2 cm³/mol. The van der Waals surface area contributed by atoms with Crippen molar-refractivity contribution in [2.24, 2.45) is 0 Å². The van der Waals surface area contributed by atoms with E-state index in [4.69, 9.17) is 21.0 Å². The third-order valence-corrected chi connectivity index (χ3v) is 3.85. The summed E-state index contributed by atoms with van der Waals surface area (Å²) >= 11 is 5.93. The number of aliphatic hydroxyl groups is 1. The summed E-state index contributed by atoms with van der Waals surface area (Å²) in [7, 11) is -1.56. The number of hydrogen-bond donors (Lipinski definition) is 2. The monoisotopic (exact) mass is 332 g/mol. The van der Waals surface area contributed by atoms with Gasteiger partial charge in [0.15, 0.2) is 0 Å². The van der Waals surface area contributed by atoms with Crippen LogP contribution in [-0.4, -0.2) is 34.6 Å². The van der Waals surface area contributed by atoms with Crippen LogP contribution < -0.4 is 10.2 Å². The first-order valence-electron chi connectivity index (χ1n) is 7.09. The van der Waals surface area contributed by atoms with Crippen LogP contribution in [0, 0.1) is 5.82 Å². The third-order valence-electron chi connectivity index (χ3n) is 3.56. The zero-order valence-electron chi connectivity index (χ0n) is 13.8. The largest absolute Gasteiger partial charge is 0.494 e. The molecule has 0 fully saturated rings. The first-order chi connectivity index (χ1) is 9.85. The lowest BCUT2D eigenvalue weighted by atomic mass is 9.76. The van der Waals surface area contributed by atoms with E-state index in [2.05, 4.69) is 0 Å². The average Bonchev–Trinajstić information content (AvgIpc) is 2.29. The summed E-state index contributed by atoms with van der Waals surface area (Å²) in [6.45, 7) is 9.93. The topological polar surface area (TPSA) is 58.9 Å². The molecule has 1 aromatic carbocycles. The molecule has 124 valence electrons. The average molecular weight is 333 g/mol. The van der Waals surface area contributed by atoms with E-state index in [0.717, 1.165) is 6.07 Å². The van der Waals surface area contributed by atoms with Gasteiger partial charge in [-0.2, -0.15) is 0 Å². The van der Waals surface area contributed by atoms with Crippen molar-refractivity contribution < 1.29 is 23.9 Å². The van der Waals surface area contributed by atoms with Gasteiger partial charge >= 0.3 is 7.12 Å². The van der Waals surface area contributed by atoms with Gasteiger partial charge in [-0.1, -0.05) is 11.6 Å². The lowest BCUT2D eigenvalue weighted by Gasteiger charge is -2.38. The summed E-state index contributed by atoms with van der Waals surface area (Å²) in [5, 5.41) is 20.3. The van der Waals surface area contributed by atoms with Crippen LogP contribution in [0.25, 0.3) is 0 Å². The highest BCUT2D eigenvalue weighted by Crippen LogP contribution is 2.28. The van der Waals surface area contributed by atoms with Crippen LogP contribution >= 0.6 is 11.6 Å². The highest BCUT2D eigenvalue weighted by atomic mass is 35.5. The Morgan fingerprint density at radius 2 is 1.77 bits per heavy atom. The Labute approximate surface area is 136 Å². The van der Waals surface area contributed by atoms with E-state index in [1.54, 1.807) is 27.7 Å². The third kappa shape index (κ3) is 4.59. The molecule has 0 spiro atoms. The second kappa shape index (κ2) is 6.75. The van der Waals surface area contributed by atoms with Crippen molar-refractivity contribution in [1.29, 1.82) is 0 Å². The van der Waals surface area contributed by atoms with Crippen molar-refractivity contribution in [3.8, 4) is 5.75 Å². The molecule has 0 atom stereocenters. The molecule has 0 aliphatic carbocycles. The van der Waals surface area contributed by atoms with Gasteiger partial charge in [0.05, 0.1) is 22.3 Å². The maximum Gasteiger partial charge on any atom is 0.494 e. The van der Waals surface area contributed by atoms with Gasteiger partial charge in [0.2, 0.25) is 0 Å². The summed E-state index contributed by atoms with van der Waals surface area (Å²) in [4.78, 5) is 0. The molecule has 1 aromatic rings. The van der Waals surface area contributed by atoms with E-state index in [-0.39, 0.29) is 22.3 Å². The van der Waals surface area contributed by atoms with Crippen LogP contribution in [0.1, 0.15) is 41.5 Å². The first-order valence-corrected chi connectivity index (χ1v) is 7.47. The lowest BCUT2D eigenvalue weighted by Crippen LogP contribution is -2.53. The van der Waals surface area contributed by atoms with Crippen molar-refractivity contribution >= 4 is 24.2 Å². The van der Waals surface area contributed by atoms with Gasteiger partial charge in [0.25, 0.3) is 0 Å². The van der Waals surface area contributed by atoms with E-state index in [1.807, 2.05) is 13.8 Å². The molecule has 0 saturated carbocycles. The fraction of sp³-hybridized carbons (Fsp3) is 0.600. The van der Waals surface area contributed by atoms with Crippen molar-refractivity contribution in [2.75, 3.05) is 0 Å². The maximum atomic E-state index is 14.0. The molecule has 0 aliphatic heterocycles. The van der Waals surface area contributed by atoms with Crippen LogP contribution in [0.2, 0.25) is 5.02 Å². The zero-order chi connectivity index (χ0) is 17.3. The van der Waals surface area contributed by atoms with E-state index in [0.29, 0.717) is 0 Å². The van der Waals surface area contributed by atoms with Crippen LogP contribution in [0.15, 0.2) is 12.1 Å². The Morgan fingerprint density at radius 3 is 2.23 bits per heavy atom. The number of ether oxygens (including phenoxy) is 1. The van der Waals surface area contributed by atoms with Crippen molar-refractivity contribution in [1.82, 2.24) is 0 Å². The van der Waals surface area contributed by atoms with E-state index in [1.165, 1.54) is 6.07 Å². The molecule has 0 unspecified atom stereocenters. The fourth-order valence-electron chi connectivity index (χ4n) is 1.57. The zero-order valence-corrected chi connectivity index (χ0v) is 14.5. The molecule has 22 heavy (non-hydrogen) atoms. The summed E-state index contributed by atoms with van der Waals surface area (Å²) in [5.41, 5.74) is -2.43. The Kier molecular flexibility index (Phi) is 5.90. The van der Waals surface area contributed by atoms with Gasteiger partial charge < -0.3 is 19.5 Å². The van der Waals surface area contributed by atoms with Gasteiger partial charge in [-0.25, -0.2) is 4.39 Å². The number of rotatable bonds is 6. The quantitative estimate of drug-likeness (QED) is 0.786. The van der Waals surface area contributed by atoms with Crippen molar-refractivity contribution in [3.05, 3.63) is 23.0 Å². The molecule has 0 saturated heterocycles. The van der Waals surface area contributed by atoms with Gasteiger partial charge in [-0.15, -0.1) is 0 Å². The van der Waals surface area contributed by atoms with Crippen LogP contribution in [-0.2, 0) is 4.65 Å². The van der Waals surface area contributed by atoms with Crippen LogP contribution in [0.3, 0.4) is 0 Å². The lowest BCUT2D eigenvalue weighted by molar-refractivity contribution is -0.0983. The molecule has 0 amide bonds. The summed E-state index contributed by atoms with van der Waals surface area (Å²) in [6.07, 6.45) is -0.151. The van der Waals surface area contributed by atoms with Crippen molar-refractivity contribution in [3.63, 3.8) is 0 Å². The molecule has 2 N–H and O–H groups in total. The minimum absolute atomic E-state index is 0.0997. The van der Waals surface area contributed by atoms with E-state index in [9.17, 15) is 14.5 Å². The smallest absolute Gasteiger partial charge is 0.489 e.